The van der Waals surface area contributed by atoms with Crippen molar-refractivity contribution in [3.63, 3.8) is 0 Å². The minimum atomic E-state index is -4.18. The van der Waals surface area contributed by atoms with Crippen molar-refractivity contribution in [1.29, 1.82) is 0 Å². The molecular weight excluding hydrogens is 252 g/mol. The molecule has 0 aliphatic carbocycles. The lowest BCUT2D eigenvalue weighted by molar-refractivity contribution is -0.224. The first kappa shape index (κ1) is 26.0. The first-order valence-electron chi connectivity index (χ1n) is 5.78. The van der Waals surface area contributed by atoms with Gasteiger partial charge in [-0.15, -0.1) is 0 Å². The van der Waals surface area contributed by atoms with Crippen LogP contribution in [0.15, 0.2) is 0 Å². The van der Waals surface area contributed by atoms with Crippen LogP contribution in [0, 0.1) is 5.41 Å². The zero-order chi connectivity index (χ0) is 15.8. The quantitative estimate of drug-likeness (QED) is 0.564. The summed E-state index contributed by atoms with van der Waals surface area (Å²) in [6.45, 7) is 9.06. The molecule has 0 fully saturated rings. The van der Waals surface area contributed by atoms with Gasteiger partial charge in [0, 0.05) is 7.11 Å². The van der Waals surface area contributed by atoms with E-state index in [1.54, 1.807) is 0 Å². The fraction of sp³-hybridized carbons (Fsp3) is 0.917. The van der Waals surface area contributed by atoms with E-state index >= 15 is 0 Å². The highest BCUT2D eigenvalue weighted by Gasteiger charge is 2.47. The predicted molar refractivity (Wildman–Crippen MR) is 66.4 cm³/mol. The lowest BCUT2D eigenvalue weighted by Gasteiger charge is -2.26. The fourth-order valence-electron chi connectivity index (χ4n) is 0.443. The molecule has 0 amide bonds. The van der Waals surface area contributed by atoms with E-state index in [0.717, 1.165) is 13.8 Å². The molecule has 0 aliphatic heterocycles. The van der Waals surface area contributed by atoms with Gasteiger partial charge in [-0.3, -0.25) is 0 Å². The van der Waals surface area contributed by atoms with Gasteiger partial charge in [-0.25, -0.2) is 4.39 Å². The number of rotatable bonds is 3. The molecule has 0 aromatic carbocycles. The molecule has 18 heavy (non-hydrogen) atoms. The van der Waals surface area contributed by atoms with Crippen LogP contribution in [0.3, 0.4) is 0 Å². The normalized spacial score (nSPS) is 9.72. The summed E-state index contributed by atoms with van der Waals surface area (Å²) >= 11 is 0. The standard InChI is InChI=1S/C6H11F3O.C2H3FO.2C2H6/c1-5(2,4-10-3)6(7,8)9;3-1-2-4;2*1-2/h4H2,1-3H3;2H,1H2;2*1-2H3. The van der Waals surface area contributed by atoms with Crippen LogP contribution in [-0.2, 0) is 9.53 Å². The molecule has 0 saturated carbocycles. The molecule has 0 aliphatic rings. The summed E-state index contributed by atoms with van der Waals surface area (Å²) in [5.41, 5.74) is -1.73. The Balaban J connectivity index is -0.000000102. The van der Waals surface area contributed by atoms with Crippen molar-refractivity contribution in [2.45, 2.75) is 47.7 Å². The summed E-state index contributed by atoms with van der Waals surface area (Å²) in [6.07, 6.45) is -3.97. The third-order valence-corrected chi connectivity index (χ3v) is 1.34. The van der Waals surface area contributed by atoms with Crippen LogP contribution < -0.4 is 0 Å². The van der Waals surface area contributed by atoms with Gasteiger partial charge in [-0.2, -0.15) is 13.2 Å². The van der Waals surface area contributed by atoms with Gasteiger partial charge in [-0.1, -0.05) is 27.7 Å². The van der Waals surface area contributed by atoms with E-state index in [9.17, 15) is 17.6 Å². The summed E-state index contributed by atoms with van der Waals surface area (Å²) in [5.74, 6) is 0. The molecule has 0 heterocycles. The lowest BCUT2D eigenvalue weighted by Crippen LogP contribution is -2.36. The highest BCUT2D eigenvalue weighted by molar-refractivity contribution is 5.50. The van der Waals surface area contributed by atoms with E-state index in [4.69, 9.17) is 4.79 Å². The SMILES string of the molecule is CC.CC.COCC(C)(C)C(F)(F)F.O=CCF. The van der Waals surface area contributed by atoms with Gasteiger partial charge < -0.3 is 9.53 Å². The Morgan fingerprint density at radius 2 is 1.33 bits per heavy atom. The van der Waals surface area contributed by atoms with E-state index in [2.05, 4.69) is 4.74 Å². The maximum atomic E-state index is 11.9. The molecule has 0 spiro atoms. The molecule has 114 valence electrons. The van der Waals surface area contributed by atoms with Crippen molar-refractivity contribution in [1.82, 2.24) is 0 Å². The topological polar surface area (TPSA) is 26.3 Å². The average Bonchev–Trinajstić information content (AvgIpc) is 2.33. The van der Waals surface area contributed by atoms with E-state index in [1.165, 1.54) is 7.11 Å². The second-order valence-corrected chi connectivity index (χ2v) is 3.14. The lowest BCUT2D eigenvalue weighted by atomic mass is 9.94. The van der Waals surface area contributed by atoms with E-state index in [0.29, 0.717) is 0 Å². The highest BCUT2D eigenvalue weighted by atomic mass is 19.4. The average molecular weight is 278 g/mol. The third kappa shape index (κ3) is 17.7. The number of hydrogen-bond donors (Lipinski definition) is 0. The van der Waals surface area contributed by atoms with Crippen molar-refractivity contribution < 1.29 is 27.1 Å². The molecule has 6 heteroatoms. The maximum absolute atomic E-state index is 11.9. The minimum absolute atomic E-state index is 0.208. The van der Waals surface area contributed by atoms with Gasteiger partial charge in [0.25, 0.3) is 0 Å². The van der Waals surface area contributed by atoms with Crippen LogP contribution in [0.25, 0.3) is 0 Å². The third-order valence-electron chi connectivity index (χ3n) is 1.34. The number of ether oxygens (including phenoxy) is 1. The predicted octanol–water partition coefficient (Wildman–Crippen LogP) is 4.43. The van der Waals surface area contributed by atoms with Gasteiger partial charge in [0.2, 0.25) is 0 Å². The Kier molecular flexibility index (Phi) is 23.6. The molecule has 0 bridgehead atoms. The van der Waals surface area contributed by atoms with Crippen molar-refractivity contribution in [3.8, 4) is 0 Å². The van der Waals surface area contributed by atoms with Gasteiger partial charge in [-0.05, 0) is 13.8 Å². The molecule has 0 radical (unpaired) electrons. The summed E-state index contributed by atoms with van der Waals surface area (Å²) < 4.78 is 50.6. The Morgan fingerprint density at radius 3 is 1.39 bits per heavy atom. The minimum Gasteiger partial charge on any atom is -0.384 e. The van der Waals surface area contributed by atoms with Crippen LogP contribution >= 0.6 is 0 Å². The monoisotopic (exact) mass is 278 g/mol. The first-order valence-corrected chi connectivity index (χ1v) is 5.78. The van der Waals surface area contributed by atoms with E-state index in [-0.39, 0.29) is 12.9 Å². The molecule has 0 N–H and O–H groups in total. The largest absolute Gasteiger partial charge is 0.396 e. The highest BCUT2D eigenvalue weighted by Crippen LogP contribution is 2.37. The molecule has 0 rings (SSSR count). The summed E-state index contributed by atoms with van der Waals surface area (Å²) in [5, 5.41) is 0. The van der Waals surface area contributed by atoms with Crippen LogP contribution in [0.5, 0.6) is 0 Å². The molecular formula is C12H26F4O2. The molecule has 0 atom stereocenters. The molecule has 0 unspecified atom stereocenters. The number of halogens is 4. The summed E-state index contributed by atoms with van der Waals surface area (Å²) in [6, 6.07) is 0. The van der Waals surface area contributed by atoms with E-state index in [1.807, 2.05) is 27.7 Å². The van der Waals surface area contributed by atoms with Crippen molar-refractivity contribution >= 4 is 6.29 Å². The Morgan fingerprint density at radius 1 is 1.06 bits per heavy atom. The van der Waals surface area contributed by atoms with Crippen molar-refractivity contribution in [2.75, 3.05) is 20.4 Å². The van der Waals surface area contributed by atoms with Crippen LogP contribution in [-0.4, -0.2) is 32.9 Å². The van der Waals surface area contributed by atoms with Crippen LogP contribution in [0.4, 0.5) is 17.6 Å². The van der Waals surface area contributed by atoms with Crippen molar-refractivity contribution in [2.24, 2.45) is 5.41 Å². The smallest absolute Gasteiger partial charge is 0.384 e. The van der Waals surface area contributed by atoms with Crippen LogP contribution in [0.1, 0.15) is 41.5 Å². The number of aldehydes is 1. The summed E-state index contributed by atoms with van der Waals surface area (Å²) in [7, 11) is 1.26. The van der Waals surface area contributed by atoms with Crippen LogP contribution in [0.2, 0.25) is 0 Å². The van der Waals surface area contributed by atoms with Gasteiger partial charge in [0.05, 0.1) is 12.0 Å². The number of hydrogen-bond acceptors (Lipinski definition) is 2. The zero-order valence-electron chi connectivity index (χ0n) is 12.3. The van der Waals surface area contributed by atoms with Crippen molar-refractivity contribution in [3.05, 3.63) is 0 Å². The van der Waals surface area contributed by atoms with Gasteiger partial charge >= 0.3 is 6.18 Å². The second kappa shape index (κ2) is 16.4. The number of carbonyl (C=O) groups excluding carboxylic acids is 1. The Bertz CT molecular complexity index is 157. The van der Waals surface area contributed by atoms with Gasteiger partial charge in [0.15, 0.2) is 6.29 Å². The zero-order valence-corrected chi connectivity index (χ0v) is 12.3. The Hall–Kier alpha value is -0.650. The van der Waals surface area contributed by atoms with E-state index < -0.39 is 18.3 Å². The maximum Gasteiger partial charge on any atom is 0.396 e. The fourth-order valence-corrected chi connectivity index (χ4v) is 0.443. The number of alkyl halides is 4. The molecule has 0 aromatic rings. The van der Waals surface area contributed by atoms with Gasteiger partial charge in [0.1, 0.15) is 6.67 Å². The number of methoxy groups -OCH3 is 1. The second-order valence-electron chi connectivity index (χ2n) is 3.14. The summed E-state index contributed by atoms with van der Waals surface area (Å²) in [4.78, 5) is 8.80. The Labute approximate surface area is 108 Å². The number of carbonyl (C=O) groups is 1. The first-order chi connectivity index (χ1) is 8.22. The molecule has 0 aromatic heterocycles. The molecule has 2 nitrogen and oxygen atoms in total. The molecule has 0 saturated heterocycles.